The number of piperidine rings is 1. The summed E-state index contributed by atoms with van der Waals surface area (Å²) in [6, 6.07) is 10.5. The van der Waals surface area contributed by atoms with Crippen LogP contribution < -0.4 is 20.4 Å². The fourth-order valence-electron chi connectivity index (χ4n) is 4.03. The van der Waals surface area contributed by atoms with E-state index in [2.05, 4.69) is 64.6 Å². The molecule has 2 aliphatic rings. The average Bonchev–Trinajstić information content (AvgIpc) is 2.79. The molecule has 1 aromatic carbocycles. The average molecular weight is 441 g/mol. The highest BCUT2D eigenvalue weighted by Crippen LogP contribution is 2.26. The molecule has 4 rings (SSSR count). The lowest BCUT2D eigenvalue weighted by atomic mass is 10.0. The van der Waals surface area contributed by atoms with Crippen molar-refractivity contribution >= 4 is 34.9 Å². The Morgan fingerprint density at radius 1 is 1.10 bits per heavy atom. The summed E-state index contributed by atoms with van der Waals surface area (Å²) >= 11 is 5.53. The molecule has 2 fully saturated rings. The van der Waals surface area contributed by atoms with Crippen LogP contribution in [0.3, 0.4) is 0 Å². The van der Waals surface area contributed by atoms with Gasteiger partial charge >= 0.3 is 0 Å². The van der Waals surface area contributed by atoms with E-state index in [0.717, 1.165) is 51.0 Å². The van der Waals surface area contributed by atoms with Crippen LogP contribution in [0.4, 0.5) is 17.6 Å². The first-order valence-corrected chi connectivity index (χ1v) is 11.5. The molecule has 0 aliphatic carbocycles. The molecule has 0 amide bonds. The lowest BCUT2D eigenvalue weighted by molar-refractivity contribution is 0.122. The SMILES string of the molecule is Cc1ccc(CNC(=S)Nc2nc(N3CCOCC3)cc(N3CCCC(C)C3)n2)cc1. The fourth-order valence-corrected chi connectivity index (χ4v) is 4.19. The maximum absolute atomic E-state index is 5.53. The molecule has 0 saturated carbocycles. The van der Waals surface area contributed by atoms with Crippen molar-refractivity contribution in [3.63, 3.8) is 0 Å². The molecule has 3 heterocycles. The molecule has 166 valence electrons. The van der Waals surface area contributed by atoms with Crippen LogP contribution in [0.25, 0.3) is 0 Å². The largest absolute Gasteiger partial charge is 0.378 e. The summed E-state index contributed by atoms with van der Waals surface area (Å²) < 4.78 is 5.52. The highest BCUT2D eigenvalue weighted by atomic mass is 32.1. The van der Waals surface area contributed by atoms with E-state index in [1.807, 2.05) is 0 Å². The molecule has 0 spiro atoms. The lowest BCUT2D eigenvalue weighted by Crippen LogP contribution is -2.38. The van der Waals surface area contributed by atoms with Crippen molar-refractivity contribution in [1.82, 2.24) is 15.3 Å². The maximum atomic E-state index is 5.53. The van der Waals surface area contributed by atoms with Crippen LogP contribution in [0.1, 0.15) is 30.9 Å². The molecule has 2 aromatic rings. The Hall–Kier alpha value is -2.45. The van der Waals surface area contributed by atoms with E-state index in [0.29, 0.717) is 23.5 Å². The summed E-state index contributed by atoms with van der Waals surface area (Å²) in [5.74, 6) is 3.10. The molecule has 0 radical (unpaired) electrons. The number of nitrogens with one attached hydrogen (secondary N) is 2. The molecule has 1 atom stereocenters. The number of morpholine rings is 1. The molecule has 2 N–H and O–H groups in total. The maximum Gasteiger partial charge on any atom is 0.232 e. The molecule has 8 heteroatoms. The highest BCUT2D eigenvalue weighted by molar-refractivity contribution is 7.80. The van der Waals surface area contributed by atoms with Crippen molar-refractivity contribution in [1.29, 1.82) is 0 Å². The van der Waals surface area contributed by atoms with Crippen LogP contribution in [-0.2, 0) is 11.3 Å². The van der Waals surface area contributed by atoms with E-state index in [4.69, 9.17) is 26.9 Å². The van der Waals surface area contributed by atoms with Crippen molar-refractivity contribution in [2.45, 2.75) is 33.2 Å². The number of nitrogens with zero attached hydrogens (tertiary/aromatic N) is 4. The first kappa shape index (κ1) is 21.8. The second-order valence-corrected chi connectivity index (χ2v) is 8.90. The predicted molar refractivity (Wildman–Crippen MR) is 130 cm³/mol. The van der Waals surface area contributed by atoms with Gasteiger partial charge in [0.1, 0.15) is 11.6 Å². The molecular weight excluding hydrogens is 408 g/mol. The van der Waals surface area contributed by atoms with Crippen molar-refractivity contribution in [2.24, 2.45) is 5.92 Å². The van der Waals surface area contributed by atoms with Crippen LogP contribution in [-0.4, -0.2) is 54.5 Å². The van der Waals surface area contributed by atoms with E-state index in [-0.39, 0.29) is 0 Å². The minimum Gasteiger partial charge on any atom is -0.378 e. The van der Waals surface area contributed by atoms with E-state index in [9.17, 15) is 0 Å². The summed E-state index contributed by atoms with van der Waals surface area (Å²) in [6.45, 7) is 10.2. The third-order valence-corrected chi connectivity index (χ3v) is 6.06. The Kier molecular flexibility index (Phi) is 7.19. The molecule has 1 unspecified atom stereocenters. The van der Waals surface area contributed by atoms with Crippen LogP contribution in [0, 0.1) is 12.8 Å². The Bertz CT molecular complexity index is 884. The quantitative estimate of drug-likeness (QED) is 0.687. The molecule has 2 aliphatic heterocycles. The van der Waals surface area contributed by atoms with Crippen molar-refractivity contribution < 1.29 is 4.74 Å². The Balaban J connectivity index is 1.48. The third kappa shape index (κ3) is 6.04. The summed E-state index contributed by atoms with van der Waals surface area (Å²) in [4.78, 5) is 14.2. The molecule has 7 nitrogen and oxygen atoms in total. The number of hydrogen-bond acceptors (Lipinski definition) is 6. The molecule has 0 bridgehead atoms. The standard InChI is InChI=1S/C23H32N6OS/c1-17-5-7-19(8-6-17)15-24-23(31)27-22-25-20(28-10-12-30-13-11-28)14-21(26-22)29-9-3-4-18(2)16-29/h5-8,14,18H,3-4,9-13,15-16H2,1-2H3,(H2,24,25,26,27,31). The zero-order valence-electron chi connectivity index (χ0n) is 18.4. The Morgan fingerprint density at radius 2 is 1.81 bits per heavy atom. The van der Waals surface area contributed by atoms with Gasteiger partial charge in [0.05, 0.1) is 13.2 Å². The van der Waals surface area contributed by atoms with Crippen molar-refractivity contribution in [2.75, 3.05) is 54.5 Å². The Labute approximate surface area is 190 Å². The second kappa shape index (κ2) is 10.2. The molecular formula is C23H32N6OS. The number of thiocarbonyl (C=S) groups is 1. The fraction of sp³-hybridized carbons (Fsp3) is 0.522. The number of hydrogen-bond donors (Lipinski definition) is 2. The zero-order chi connectivity index (χ0) is 21.6. The summed E-state index contributed by atoms with van der Waals surface area (Å²) in [6.07, 6.45) is 2.47. The molecule has 31 heavy (non-hydrogen) atoms. The number of anilines is 3. The van der Waals surface area contributed by atoms with Gasteiger partial charge in [-0.3, -0.25) is 0 Å². The van der Waals surface area contributed by atoms with Gasteiger partial charge in [-0.25, -0.2) is 0 Å². The summed E-state index contributed by atoms with van der Waals surface area (Å²) in [5, 5.41) is 7.00. The number of aryl methyl sites for hydroxylation is 1. The van der Waals surface area contributed by atoms with Crippen LogP contribution in [0.15, 0.2) is 30.3 Å². The van der Waals surface area contributed by atoms with Crippen molar-refractivity contribution in [3.05, 3.63) is 41.5 Å². The van der Waals surface area contributed by atoms with Gasteiger partial charge < -0.3 is 25.2 Å². The van der Waals surface area contributed by atoms with Gasteiger partial charge in [-0.15, -0.1) is 0 Å². The van der Waals surface area contributed by atoms with Gasteiger partial charge in [0.15, 0.2) is 5.11 Å². The monoisotopic (exact) mass is 440 g/mol. The van der Waals surface area contributed by atoms with E-state index >= 15 is 0 Å². The number of ether oxygens (including phenoxy) is 1. The van der Waals surface area contributed by atoms with Crippen LogP contribution >= 0.6 is 12.2 Å². The van der Waals surface area contributed by atoms with Gasteiger partial charge in [0.25, 0.3) is 0 Å². The zero-order valence-corrected chi connectivity index (χ0v) is 19.2. The number of rotatable bonds is 5. The predicted octanol–water partition coefficient (Wildman–Crippen LogP) is 3.34. The van der Waals surface area contributed by atoms with Gasteiger partial charge in [-0.05, 0) is 43.5 Å². The van der Waals surface area contributed by atoms with Gasteiger partial charge in [-0.2, -0.15) is 9.97 Å². The highest BCUT2D eigenvalue weighted by Gasteiger charge is 2.21. The number of aromatic nitrogens is 2. The lowest BCUT2D eigenvalue weighted by Gasteiger charge is -2.33. The first-order chi connectivity index (χ1) is 15.1. The smallest absolute Gasteiger partial charge is 0.232 e. The normalized spacial score (nSPS) is 19.2. The second-order valence-electron chi connectivity index (χ2n) is 8.49. The first-order valence-electron chi connectivity index (χ1n) is 11.1. The van der Waals surface area contributed by atoms with E-state index in [1.165, 1.54) is 24.0 Å². The summed E-state index contributed by atoms with van der Waals surface area (Å²) in [5.41, 5.74) is 2.43. The minimum atomic E-state index is 0.526. The number of benzene rings is 1. The molecule has 2 saturated heterocycles. The minimum absolute atomic E-state index is 0.526. The third-order valence-electron chi connectivity index (χ3n) is 5.81. The van der Waals surface area contributed by atoms with E-state index < -0.39 is 0 Å². The van der Waals surface area contributed by atoms with Gasteiger partial charge in [0.2, 0.25) is 5.95 Å². The summed E-state index contributed by atoms with van der Waals surface area (Å²) in [7, 11) is 0. The van der Waals surface area contributed by atoms with Crippen LogP contribution in [0.2, 0.25) is 0 Å². The Morgan fingerprint density at radius 3 is 2.52 bits per heavy atom. The van der Waals surface area contributed by atoms with Crippen LogP contribution in [0.5, 0.6) is 0 Å². The van der Waals surface area contributed by atoms with Gasteiger partial charge in [-0.1, -0.05) is 36.8 Å². The van der Waals surface area contributed by atoms with E-state index in [1.54, 1.807) is 0 Å². The van der Waals surface area contributed by atoms with Crippen molar-refractivity contribution in [3.8, 4) is 0 Å². The topological polar surface area (TPSA) is 65.6 Å². The molecule has 1 aromatic heterocycles. The van der Waals surface area contributed by atoms with Gasteiger partial charge in [0, 0.05) is 38.8 Å².